The Hall–Kier alpha value is -2.33. The molecular formula is C15H12ClN3O. The molecule has 0 aliphatic carbocycles. The first-order valence-corrected chi connectivity index (χ1v) is 6.57. The highest BCUT2D eigenvalue weighted by Gasteiger charge is 2.07. The van der Waals surface area contributed by atoms with E-state index in [0.29, 0.717) is 17.3 Å². The second-order valence-corrected chi connectivity index (χ2v) is 4.74. The smallest absolute Gasteiger partial charge is 0.251 e. The van der Waals surface area contributed by atoms with Gasteiger partial charge in [-0.05, 0) is 24.3 Å². The monoisotopic (exact) mass is 285 g/mol. The summed E-state index contributed by atoms with van der Waals surface area (Å²) in [5, 5.41) is 3.43. The highest BCUT2D eigenvalue weighted by atomic mass is 35.5. The lowest BCUT2D eigenvalue weighted by molar-refractivity contribution is 0.0950. The maximum absolute atomic E-state index is 11.9. The van der Waals surface area contributed by atoms with Crippen LogP contribution in [-0.4, -0.2) is 15.3 Å². The highest BCUT2D eigenvalue weighted by Crippen LogP contribution is 2.13. The Morgan fingerprint density at radius 3 is 2.70 bits per heavy atom. The van der Waals surface area contributed by atoms with E-state index in [4.69, 9.17) is 11.6 Å². The quantitative estimate of drug-likeness (QED) is 0.752. The fourth-order valence-electron chi connectivity index (χ4n) is 1.98. The molecule has 100 valence electrons. The Bertz CT molecular complexity index is 752. The number of carbonyl (C=O) groups excluding carboxylic acids is 1. The Morgan fingerprint density at radius 1 is 1.15 bits per heavy atom. The summed E-state index contributed by atoms with van der Waals surface area (Å²) >= 11 is 6.06. The van der Waals surface area contributed by atoms with E-state index in [1.54, 1.807) is 22.6 Å². The van der Waals surface area contributed by atoms with Crippen molar-refractivity contribution in [3.63, 3.8) is 0 Å². The van der Waals surface area contributed by atoms with Gasteiger partial charge in [-0.1, -0.05) is 35.9 Å². The highest BCUT2D eigenvalue weighted by molar-refractivity contribution is 6.29. The lowest BCUT2D eigenvalue weighted by Gasteiger charge is -2.02. The molecule has 0 aliphatic rings. The first kappa shape index (κ1) is 12.7. The molecule has 3 aromatic rings. The van der Waals surface area contributed by atoms with E-state index in [2.05, 4.69) is 10.3 Å². The van der Waals surface area contributed by atoms with E-state index in [1.807, 2.05) is 36.5 Å². The lowest BCUT2D eigenvalue weighted by Crippen LogP contribution is -2.22. The number of amides is 1. The van der Waals surface area contributed by atoms with Gasteiger partial charge in [0.05, 0.1) is 12.2 Å². The molecule has 3 rings (SSSR count). The molecule has 0 saturated heterocycles. The van der Waals surface area contributed by atoms with Crippen molar-refractivity contribution in [3.05, 3.63) is 71.1 Å². The first-order chi connectivity index (χ1) is 9.74. The molecule has 20 heavy (non-hydrogen) atoms. The van der Waals surface area contributed by atoms with E-state index in [9.17, 15) is 4.79 Å². The molecule has 1 aromatic carbocycles. The largest absolute Gasteiger partial charge is 0.346 e. The summed E-state index contributed by atoms with van der Waals surface area (Å²) < 4.78 is 1.78. The zero-order valence-corrected chi connectivity index (χ0v) is 11.3. The summed E-state index contributed by atoms with van der Waals surface area (Å²) in [5.74, 6) is -0.117. The van der Waals surface area contributed by atoms with Crippen LogP contribution in [0.4, 0.5) is 0 Å². The molecule has 0 atom stereocenters. The van der Waals surface area contributed by atoms with Crippen molar-refractivity contribution in [1.82, 2.24) is 14.7 Å². The molecule has 1 N–H and O–H groups in total. The van der Waals surface area contributed by atoms with Gasteiger partial charge in [-0.3, -0.25) is 9.20 Å². The molecule has 0 unspecified atom stereocenters. The summed E-state index contributed by atoms with van der Waals surface area (Å²) in [6.07, 6.45) is 1.82. The fourth-order valence-corrected chi connectivity index (χ4v) is 2.18. The maximum Gasteiger partial charge on any atom is 0.251 e. The number of hydrogen-bond acceptors (Lipinski definition) is 2. The number of imidazole rings is 1. The Morgan fingerprint density at radius 2 is 1.95 bits per heavy atom. The molecule has 2 heterocycles. The number of pyridine rings is 1. The van der Waals surface area contributed by atoms with Gasteiger partial charge in [-0.25, -0.2) is 4.98 Å². The van der Waals surface area contributed by atoms with E-state index in [1.165, 1.54) is 0 Å². The number of hydrogen-bond donors (Lipinski definition) is 1. The van der Waals surface area contributed by atoms with Crippen LogP contribution in [0.2, 0.25) is 5.15 Å². The van der Waals surface area contributed by atoms with Crippen molar-refractivity contribution < 1.29 is 4.79 Å². The summed E-state index contributed by atoms with van der Waals surface area (Å²) in [7, 11) is 0. The minimum atomic E-state index is -0.117. The van der Waals surface area contributed by atoms with Crippen LogP contribution in [0.1, 0.15) is 16.1 Å². The van der Waals surface area contributed by atoms with Crippen molar-refractivity contribution >= 4 is 23.2 Å². The maximum atomic E-state index is 11.9. The zero-order chi connectivity index (χ0) is 13.9. The van der Waals surface area contributed by atoms with Gasteiger partial charge in [-0.15, -0.1) is 0 Å². The number of carbonyl (C=O) groups is 1. The number of halogens is 1. The summed E-state index contributed by atoms with van der Waals surface area (Å²) in [5.41, 5.74) is 2.16. The third-order valence-electron chi connectivity index (χ3n) is 2.96. The van der Waals surface area contributed by atoms with Crippen LogP contribution in [-0.2, 0) is 6.54 Å². The van der Waals surface area contributed by atoms with Crippen LogP contribution in [0.5, 0.6) is 0 Å². The number of rotatable bonds is 3. The molecule has 4 nitrogen and oxygen atoms in total. The molecule has 1 amide bonds. The molecule has 0 aliphatic heterocycles. The molecule has 0 saturated carbocycles. The fraction of sp³-hybridized carbons (Fsp3) is 0.0667. The molecular weight excluding hydrogens is 274 g/mol. The van der Waals surface area contributed by atoms with Crippen LogP contribution < -0.4 is 5.32 Å². The zero-order valence-electron chi connectivity index (χ0n) is 10.6. The van der Waals surface area contributed by atoms with Crippen LogP contribution in [0.3, 0.4) is 0 Å². The Kier molecular flexibility index (Phi) is 3.39. The average molecular weight is 286 g/mol. The predicted octanol–water partition coefficient (Wildman–Crippen LogP) is 2.92. The normalized spacial score (nSPS) is 10.7. The second-order valence-electron chi connectivity index (χ2n) is 4.36. The minimum absolute atomic E-state index is 0.117. The van der Waals surface area contributed by atoms with Gasteiger partial charge in [0, 0.05) is 11.8 Å². The summed E-state index contributed by atoms with van der Waals surface area (Å²) in [6.45, 7) is 0.367. The Labute approximate surface area is 121 Å². The number of nitrogens with one attached hydrogen (secondary N) is 1. The minimum Gasteiger partial charge on any atom is -0.346 e. The molecule has 0 spiro atoms. The van der Waals surface area contributed by atoms with Crippen LogP contribution in [0, 0.1) is 0 Å². The average Bonchev–Trinajstić information content (AvgIpc) is 2.90. The van der Waals surface area contributed by atoms with E-state index >= 15 is 0 Å². The molecule has 0 bridgehead atoms. The van der Waals surface area contributed by atoms with Crippen LogP contribution >= 0.6 is 11.6 Å². The molecule has 2 aromatic heterocycles. The van der Waals surface area contributed by atoms with Gasteiger partial charge in [0.25, 0.3) is 5.91 Å². The lowest BCUT2D eigenvalue weighted by atomic mass is 10.2. The van der Waals surface area contributed by atoms with E-state index in [-0.39, 0.29) is 5.91 Å². The standard InChI is InChI=1S/C15H12ClN3O/c16-13-7-4-8-14-18-12(10-19(13)14)9-17-15(20)11-5-2-1-3-6-11/h1-8,10H,9H2,(H,17,20). The van der Waals surface area contributed by atoms with Gasteiger partial charge in [0.2, 0.25) is 0 Å². The van der Waals surface area contributed by atoms with Crippen molar-refractivity contribution in [2.45, 2.75) is 6.54 Å². The number of nitrogens with zero attached hydrogens (tertiary/aromatic N) is 2. The SMILES string of the molecule is O=C(NCc1cn2c(Cl)cccc2n1)c1ccccc1. The van der Waals surface area contributed by atoms with Crippen molar-refractivity contribution in [3.8, 4) is 0 Å². The second kappa shape index (κ2) is 5.35. The van der Waals surface area contributed by atoms with Crippen LogP contribution in [0.15, 0.2) is 54.7 Å². The van der Waals surface area contributed by atoms with Gasteiger partial charge < -0.3 is 5.32 Å². The van der Waals surface area contributed by atoms with E-state index < -0.39 is 0 Å². The first-order valence-electron chi connectivity index (χ1n) is 6.20. The number of aromatic nitrogens is 2. The molecule has 5 heteroatoms. The van der Waals surface area contributed by atoms with Gasteiger partial charge >= 0.3 is 0 Å². The number of fused-ring (bicyclic) bond motifs is 1. The summed E-state index contributed by atoms with van der Waals surface area (Å²) in [6, 6.07) is 14.6. The third-order valence-corrected chi connectivity index (χ3v) is 3.27. The van der Waals surface area contributed by atoms with Crippen LogP contribution in [0.25, 0.3) is 5.65 Å². The van der Waals surface area contributed by atoms with Crippen molar-refractivity contribution in [2.75, 3.05) is 0 Å². The van der Waals surface area contributed by atoms with Gasteiger partial charge in [-0.2, -0.15) is 0 Å². The van der Waals surface area contributed by atoms with Crippen molar-refractivity contribution in [2.24, 2.45) is 0 Å². The van der Waals surface area contributed by atoms with Crippen molar-refractivity contribution in [1.29, 1.82) is 0 Å². The topological polar surface area (TPSA) is 46.4 Å². The summed E-state index contributed by atoms with van der Waals surface area (Å²) in [4.78, 5) is 16.3. The van der Waals surface area contributed by atoms with Gasteiger partial charge in [0.15, 0.2) is 0 Å². The molecule has 0 fully saturated rings. The Balaban J connectivity index is 1.74. The number of benzene rings is 1. The predicted molar refractivity (Wildman–Crippen MR) is 77.8 cm³/mol. The third kappa shape index (κ3) is 2.51. The van der Waals surface area contributed by atoms with Gasteiger partial charge in [0.1, 0.15) is 10.8 Å². The van der Waals surface area contributed by atoms with E-state index in [0.717, 1.165) is 11.3 Å². The molecule has 0 radical (unpaired) electrons.